The predicted octanol–water partition coefficient (Wildman–Crippen LogP) is 4.35. The van der Waals surface area contributed by atoms with Crippen LogP contribution in [0.4, 0.5) is 0 Å². The lowest BCUT2D eigenvalue weighted by Gasteiger charge is -2.08. The van der Waals surface area contributed by atoms with Crippen molar-refractivity contribution in [3.05, 3.63) is 81.5 Å². The van der Waals surface area contributed by atoms with E-state index in [0.717, 1.165) is 34.0 Å². The van der Waals surface area contributed by atoms with Gasteiger partial charge in [0.05, 0.1) is 28.5 Å². The fourth-order valence-corrected chi connectivity index (χ4v) is 3.97. The third-order valence-corrected chi connectivity index (χ3v) is 5.57. The molecule has 4 rings (SSSR count). The SMILES string of the molecule is Cc1nn(-c2ccc(Cl)cc2Cl)c(C)c1CC(=O)NCCc1cn2ccccc2n1. The van der Waals surface area contributed by atoms with Gasteiger partial charge in [-0.3, -0.25) is 4.79 Å². The second-order valence-electron chi connectivity index (χ2n) is 7.13. The molecule has 8 heteroatoms. The summed E-state index contributed by atoms with van der Waals surface area (Å²) < 4.78 is 3.73. The number of carbonyl (C=O) groups is 1. The van der Waals surface area contributed by atoms with Gasteiger partial charge in [0.1, 0.15) is 5.65 Å². The van der Waals surface area contributed by atoms with Gasteiger partial charge in [-0.05, 0) is 44.2 Å². The molecular weight excluding hydrogens is 421 g/mol. The summed E-state index contributed by atoms with van der Waals surface area (Å²) in [5.74, 6) is -0.0493. The van der Waals surface area contributed by atoms with Crippen molar-refractivity contribution in [3.8, 4) is 5.69 Å². The van der Waals surface area contributed by atoms with Gasteiger partial charge in [0.2, 0.25) is 5.91 Å². The van der Waals surface area contributed by atoms with E-state index < -0.39 is 0 Å². The standard InChI is InChI=1S/C22H21Cl2N5O/c1-14-18(15(2)29(27-14)20-7-6-16(23)11-19(20)24)12-22(30)25-9-8-17-13-28-10-4-3-5-21(28)26-17/h3-7,10-11,13H,8-9,12H2,1-2H3,(H,25,30). The van der Waals surface area contributed by atoms with Crippen LogP contribution in [0.15, 0.2) is 48.8 Å². The lowest BCUT2D eigenvalue weighted by atomic mass is 10.1. The number of benzene rings is 1. The van der Waals surface area contributed by atoms with Crippen molar-refractivity contribution in [2.45, 2.75) is 26.7 Å². The van der Waals surface area contributed by atoms with Crippen molar-refractivity contribution in [2.24, 2.45) is 0 Å². The summed E-state index contributed by atoms with van der Waals surface area (Å²) in [5.41, 5.74) is 5.16. The van der Waals surface area contributed by atoms with Gasteiger partial charge in [-0.2, -0.15) is 5.10 Å². The van der Waals surface area contributed by atoms with Crippen molar-refractivity contribution in [2.75, 3.05) is 6.54 Å². The first-order valence-electron chi connectivity index (χ1n) is 9.62. The van der Waals surface area contributed by atoms with Gasteiger partial charge in [-0.25, -0.2) is 9.67 Å². The van der Waals surface area contributed by atoms with Crippen molar-refractivity contribution < 1.29 is 4.79 Å². The lowest BCUT2D eigenvalue weighted by molar-refractivity contribution is -0.120. The van der Waals surface area contributed by atoms with Crippen LogP contribution in [0.2, 0.25) is 10.0 Å². The minimum Gasteiger partial charge on any atom is -0.355 e. The highest BCUT2D eigenvalue weighted by molar-refractivity contribution is 6.35. The Balaban J connectivity index is 1.41. The zero-order valence-electron chi connectivity index (χ0n) is 16.7. The van der Waals surface area contributed by atoms with Gasteiger partial charge in [0, 0.05) is 41.6 Å². The number of pyridine rings is 1. The average Bonchev–Trinajstić information content (AvgIpc) is 3.24. The van der Waals surface area contributed by atoms with Gasteiger partial charge in [-0.1, -0.05) is 29.3 Å². The van der Waals surface area contributed by atoms with E-state index in [9.17, 15) is 4.79 Å². The second kappa shape index (κ2) is 8.50. The highest BCUT2D eigenvalue weighted by Gasteiger charge is 2.17. The number of imidazole rings is 1. The molecule has 0 radical (unpaired) electrons. The number of aryl methyl sites for hydroxylation is 1. The van der Waals surface area contributed by atoms with Gasteiger partial charge >= 0.3 is 0 Å². The Hall–Kier alpha value is -2.83. The zero-order chi connectivity index (χ0) is 21.3. The number of carbonyl (C=O) groups excluding carboxylic acids is 1. The highest BCUT2D eigenvalue weighted by atomic mass is 35.5. The molecule has 30 heavy (non-hydrogen) atoms. The Morgan fingerprint density at radius 3 is 2.77 bits per heavy atom. The minimum atomic E-state index is -0.0493. The molecule has 0 bridgehead atoms. The molecule has 3 heterocycles. The van der Waals surface area contributed by atoms with Crippen LogP contribution in [0.5, 0.6) is 0 Å². The monoisotopic (exact) mass is 441 g/mol. The molecule has 3 aromatic heterocycles. The first kappa shape index (κ1) is 20.4. The van der Waals surface area contributed by atoms with Gasteiger partial charge in [0.25, 0.3) is 0 Å². The summed E-state index contributed by atoms with van der Waals surface area (Å²) in [6.45, 7) is 4.36. The van der Waals surface area contributed by atoms with Crippen LogP contribution in [0.25, 0.3) is 11.3 Å². The third-order valence-electron chi connectivity index (χ3n) is 5.03. The largest absolute Gasteiger partial charge is 0.355 e. The van der Waals surface area contributed by atoms with E-state index in [2.05, 4.69) is 15.4 Å². The Morgan fingerprint density at radius 1 is 1.17 bits per heavy atom. The Labute approximate surface area is 184 Å². The highest BCUT2D eigenvalue weighted by Crippen LogP contribution is 2.27. The van der Waals surface area contributed by atoms with E-state index in [1.165, 1.54) is 0 Å². The summed E-state index contributed by atoms with van der Waals surface area (Å²) in [6.07, 6.45) is 4.87. The summed E-state index contributed by atoms with van der Waals surface area (Å²) in [4.78, 5) is 17.1. The molecule has 0 aliphatic heterocycles. The number of rotatable bonds is 6. The Bertz CT molecular complexity index is 1190. The van der Waals surface area contributed by atoms with Crippen LogP contribution < -0.4 is 5.32 Å². The Kier molecular flexibility index (Phi) is 5.79. The fourth-order valence-electron chi connectivity index (χ4n) is 3.48. The van der Waals surface area contributed by atoms with E-state index in [1.807, 2.05) is 54.9 Å². The topological polar surface area (TPSA) is 64.2 Å². The van der Waals surface area contributed by atoms with Crippen LogP contribution in [0, 0.1) is 13.8 Å². The molecule has 0 atom stereocenters. The quantitative estimate of drug-likeness (QED) is 0.483. The van der Waals surface area contributed by atoms with Crippen LogP contribution in [-0.2, 0) is 17.6 Å². The van der Waals surface area contributed by atoms with Crippen molar-refractivity contribution in [3.63, 3.8) is 0 Å². The second-order valence-corrected chi connectivity index (χ2v) is 7.98. The fraction of sp³-hybridized carbons (Fsp3) is 0.227. The van der Waals surface area contributed by atoms with Crippen LogP contribution in [-0.4, -0.2) is 31.6 Å². The molecule has 154 valence electrons. The number of amides is 1. The first-order valence-corrected chi connectivity index (χ1v) is 10.4. The van der Waals surface area contributed by atoms with Gasteiger partial charge in [-0.15, -0.1) is 0 Å². The number of aromatic nitrogens is 4. The summed E-state index contributed by atoms with van der Waals surface area (Å²) >= 11 is 12.3. The van der Waals surface area contributed by atoms with Gasteiger partial charge < -0.3 is 9.72 Å². The number of halogens is 2. The maximum absolute atomic E-state index is 12.5. The molecule has 0 aliphatic rings. The molecule has 1 N–H and O–H groups in total. The lowest BCUT2D eigenvalue weighted by Crippen LogP contribution is -2.27. The number of nitrogens with zero attached hydrogens (tertiary/aromatic N) is 4. The molecule has 0 spiro atoms. The average molecular weight is 442 g/mol. The van der Waals surface area contributed by atoms with E-state index in [4.69, 9.17) is 23.2 Å². The van der Waals surface area contributed by atoms with E-state index in [0.29, 0.717) is 23.0 Å². The van der Waals surface area contributed by atoms with Gasteiger partial charge in [0.15, 0.2) is 0 Å². The molecule has 0 fully saturated rings. The van der Waals surface area contributed by atoms with Crippen molar-refractivity contribution in [1.29, 1.82) is 0 Å². The normalized spacial score (nSPS) is 11.2. The number of fused-ring (bicyclic) bond motifs is 1. The molecule has 0 saturated heterocycles. The maximum Gasteiger partial charge on any atom is 0.224 e. The summed E-state index contributed by atoms with van der Waals surface area (Å²) in [7, 11) is 0. The van der Waals surface area contributed by atoms with Crippen molar-refractivity contribution in [1.82, 2.24) is 24.5 Å². The summed E-state index contributed by atoms with van der Waals surface area (Å²) in [5, 5.41) is 8.63. The van der Waals surface area contributed by atoms with E-state index >= 15 is 0 Å². The third kappa shape index (κ3) is 4.20. The van der Waals surface area contributed by atoms with Crippen LogP contribution in [0.1, 0.15) is 22.6 Å². The molecule has 1 amide bonds. The van der Waals surface area contributed by atoms with E-state index in [1.54, 1.807) is 16.8 Å². The predicted molar refractivity (Wildman–Crippen MR) is 119 cm³/mol. The molecule has 1 aromatic carbocycles. The molecule has 4 aromatic rings. The number of nitrogens with one attached hydrogen (secondary N) is 1. The maximum atomic E-state index is 12.5. The molecule has 6 nitrogen and oxygen atoms in total. The number of hydrogen-bond acceptors (Lipinski definition) is 3. The first-order chi connectivity index (χ1) is 14.4. The van der Waals surface area contributed by atoms with Crippen molar-refractivity contribution >= 4 is 34.8 Å². The summed E-state index contributed by atoms with van der Waals surface area (Å²) in [6, 6.07) is 11.1. The van der Waals surface area contributed by atoms with Crippen LogP contribution in [0.3, 0.4) is 0 Å². The molecule has 0 saturated carbocycles. The van der Waals surface area contributed by atoms with Crippen LogP contribution >= 0.6 is 23.2 Å². The van der Waals surface area contributed by atoms with E-state index in [-0.39, 0.29) is 12.3 Å². The smallest absolute Gasteiger partial charge is 0.224 e. The molecule has 0 unspecified atom stereocenters. The Morgan fingerprint density at radius 2 is 2.00 bits per heavy atom. The zero-order valence-corrected chi connectivity index (χ0v) is 18.2. The minimum absolute atomic E-state index is 0.0493. The molecular formula is C22H21Cl2N5O. The number of hydrogen-bond donors (Lipinski definition) is 1. The molecule has 0 aliphatic carbocycles.